The van der Waals surface area contributed by atoms with Crippen LogP contribution in [-0.4, -0.2) is 56.1 Å². The Labute approximate surface area is 181 Å². The SMILES string of the molecule is COCCN1Cc2c(n(CC(=O)Nc3ccc(F)cn3)c3cc(C4CC4)nn3c2=O)C1=O. The normalized spacial score (nSPS) is 15.4. The second kappa shape index (κ2) is 7.83. The van der Waals surface area contributed by atoms with Crippen molar-refractivity contribution in [2.24, 2.45) is 0 Å². The summed E-state index contributed by atoms with van der Waals surface area (Å²) in [5.41, 5.74) is 1.30. The summed E-state index contributed by atoms with van der Waals surface area (Å²) in [6, 6.07) is 4.31. The van der Waals surface area contributed by atoms with E-state index in [1.54, 1.807) is 6.07 Å². The molecule has 0 saturated heterocycles. The van der Waals surface area contributed by atoms with Gasteiger partial charge in [0.15, 0.2) is 0 Å². The number of pyridine rings is 1. The Morgan fingerprint density at radius 3 is 2.81 bits per heavy atom. The highest BCUT2D eigenvalue weighted by Gasteiger charge is 2.36. The number of nitrogens with zero attached hydrogens (tertiary/aromatic N) is 5. The fourth-order valence-electron chi connectivity index (χ4n) is 3.93. The maximum absolute atomic E-state index is 13.1. The van der Waals surface area contributed by atoms with Gasteiger partial charge in [0, 0.05) is 25.6 Å². The van der Waals surface area contributed by atoms with Crippen LogP contribution in [0, 0.1) is 5.82 Å². The van der Waals surface area contributed by atoms with Gasteiger partial charge >= 0.3 is 0 Å². The number of halogens is 1. The van der Waals surface area contributed by atoms with Crippen LogP contribution in [0.5, 0.6) is 0 Å². The van der Waals surface area contributed by atoms with Gasteiger partial charge in [0.05, 0.1) is 30.6 Å². The molecule has 0 atom stereocenters. The van der Waals surface area contributed by atoms with Gasteiger partial charge in [0.25, 0.3) is 11.5 Å². The van der Waals surface area contributed by atoms with Crippen molar-refractivity contribution in [3.05, 3.63) is 57.5 Å². The van der Waals surface area contributed by atoms with Gasteiger partial charge in [-0.15, -0.1) is 0 Å². The van der Waals surface area contributed by atoms with E-state index in [0.717, 1.165) is 24.7 Å². The zero-order valence-corrected chi connectivity index (χ0v) is 17.4. The van der Waals surface area contributed by atoms with E-state index in [0.29, 0.717) is 30.3 Å². The second-order valence-electron chi connectivity index (χ2n) is 7.96. The average Bonchev–Trinajstić information content (AvgIpc) is 3.44. The van der Waals surface area contributed by atoms with Crippen LogP contribution in [0.1, 0.15) is 40.5 Å². The zero-order chi connectivity index (χ0) is 22.4. The molecule has 0 spiro atoms. The molecule has 0 radical (unpaired) electrons. The topological polar surface area (TPSA) is 111 Å². The zero-order valence-electron chi connectivity index (χ0n) is 17.4. The van der Waals surface area contributed by atoms with Gasteiger partial charge in [-0.05, 0) is 25.0 Å². The highest BCUT2D eigenvalue weighted by molar-refractivity contribution is 5.98. The number of rotatable bonds is 7. The van der Waals surface area contributed by atoms with Crippen LogP contribution in [0.15, 0.2) is 29.2 Å². The molecule has 1 aliphatic carbocycles. The molecule has 10 nitrogen and oxygen atoms in total. The van der Waals surface area contributed by atoms with E-state index in [1.165, 1.54) is 33.2 Å². The number of hydrogen-bond acceptors (Lipinski definition) is 6. The molecule has 11 heteroatoms. The van der Waals surface area contributed by atoms with Crippen molar-refractivity contribution in [3.8, 4) is 0 Å². The van der Waals surface area contributed by atoms with Crippen molar-refractivity contribution in [3.63, 3.8) is 0 Å². The third-order valence-electron chi connectivity index (χ3n) is 5.69. The molecule has 0 unspecified atom stereocenters. The summed E-state index contributed by atoms with van der Waals surface area (Å²) in [7, 11) is 1.54. The van der Waals surface area contributed by atoms with E-state index in [-0.39, 0.29) is 36.1 Å². The van der Waals surface area contributed by atoms with Crippen LogP contribution < -0.4 is 10.9 Å². The first-order valence-corrected chi connectivity index (χ1v) is 10.3. The lowest BCUT2D eigenvalue weighted by atomic mass is 10.2. The number of aromatic nitrogens is 4. The number of methoxy groups -OCH3 is 1. The molecule has 4 heterocycles. The molecular formula is C21H21FN6O4. The minimum Gasteiger partial charge on any atom is -0.383 e. The van der Waals surface area contributed by atoms with E-state index in [9.17, 15) is 18.8 Å². The number of hydrogen-bond donors (Lipinski definition) is 1. The maximum Gasteiger partial charge on any atom is 0.280 e. The summed E-state index contributed by atoms with van der Waals surface area (Å²) < 4.78 is 21.0. The number of carbonyl (C=O) groups is 2. The van der Waals surface area contributed by atoms with Crippen molar-refractivity contribution in [2.75, 3.05) is 25.6 Å². The first-order valence-electron chi connectivity index (χ1n) is 10.3. The van der Waals surface area contributed by atoms with Gasteiger partial charge in [-0.2, -0.15) is 9.61 Å². The summed E-state index contributed by atoms with van der Waals surface area (Å²) in [6.07, 6.45) is 3.00. The van der Waals surface area contributed by atoms with Crippen molar-refractivity contribution in [2.45, 2.75) is 31.8 Å². The average molecular weight is 440 g/mol. The van der Waals surface area contributed by atoms with Crippen LogP contribution in [0.4, 0.5) is 10.2 Å². The molecule has 3 aromatic heterocycles. The molecule has 5 rings (SSSR count). The number of carbonyl (C=O) groups excluding carboxylic acids is 2. The minimum atomic E-state index is -0.517. The van der Waals surface area contributed by atoms with Crippen molar-refractivity contribution >= 4 is 23.3 Å². The number of fused-ring (bicyclic) bond motifs is 2. The largest absolute Gasteiger partial charge is 0.383 e. The lowest BCUT2D eigenvalue weighted by molar-refractivity contribution is -0.116. The van der Waals surface area contributed by atoms with E-state index in [2.05, 4.69) is 15.4 Å². The number of ether oxygens (including phenoxy) is 1. The van der Waals surface area contributed by atoms with E-state index in [4.69, 9.17) is 4.74 Å². The minimum absolute atomic E-state index is 0.131. The van der Waals surface area contributed by atoms with Crippen LogP contribution >= 0.6 is 0 Å². The standard InChI is InChI=1S/C21H21FN6O4/c1-32-7-6-26-10-14-19(21(26)31)27(11-17(29)24-16-5-4-13(22)9-23-16)18-8-15(12-2-3-12)25-28(18)20(14)30/h4-5,8-9,12H,2-3,6-7,10-11H2,1H3,(H,23,24,29). The quantitative estimate of drug-likeness (QED) is 0.590. The van der Waals surface area contributed by atoms with Crippen LogP contribution in [-0.2, 0) is 22.6 Å². The molecular weight excluding hydrogens is 419 g/mol. The first kappa shape index (κ1) is 20.3. The van der Waals surface area contributed by atoms with Crippen molar-refractivity contribution in [1.82, 2.24) is 24.1 Å². The number of anilines is 1. The third-order valence-corrected chi connectivity index (χ3v) is 5.69. The van der Waals surface area contributed by atoms with Gasteiger partial charge in [-0.25, -0.2) is 9.37 Å². The molecule has 1 aliphatic heterocycles. The van der Waals surface area contributed by atoms with E-state index in [1.807, 2.05) is 0 Å². The van der Waals surface area contributed by atoms with Gasteiger partial charge in [-0.3, -0.25) is 14.4 Å². The van der Waals surface area contributed by atoms with Gasteiger partial charge < -0.3 is 19.5 Å². The summed E-state index contributed by atoms with van der Waals surface area (Å²) in [6.45, 7) is 0.551. The lowest BCUT2D eigenvalue weighted by Gasteiger charge is -2.15. The molecule has 0 bridgehead atoms. The summed E-state index contributed by atoms with van der Waals surface area (Å²) in [5.74, 6) is -0.835. The van der Waals surface area contributed by atoms with E-state index < -0.39 is 11.7 Å². The van der Waals surface area contributed by atoms with Crippen LogP contribution in [0.25, 0.3) is 5.65 Å². The number of nitrogens with one attached hydrogen (secondary N) is 1. The third kappa shape index (κ3) is 3.54. The second-order valence-corrected chi connectivity index (χ2v) is 7.96. The Hall–Kier alpha value is -3.60. The molecule has 1 fully saturated rings. The molecule has 1 saturated carbocycles. The Bertz CT molecular complexity index is 1280. The molecule has 166 valence electrons. The first-order chi connectivity index (χ1) is 15.5. The maximum atomic E-state index is 13.1. The Kier molecular flexibility index (Phi) is 4.97. The Morgan fingerprint density at radius 2 is 2.12 bits per heavy atom. The Morgan fingerprint density at radius 1 is 1.31 bits per heavy atom. The van der Waals surface area contributed by atoms with Gasteiger partial charge in [-0.1, -0.05) is 0 Å². The van der Waals surface area contributed by atoms with Crippen LogP contribution in [0.3, 0.4) is 0 Å². The van der Waals surface area contributed by atoms with Crippen molar-refractivity contribution < 1.29 is 18.7 Å². The monoisotopic (exact) mass is 440 g/mol. The van der Waals surface area contributed by atoms with Crippen molar-refractivity contribution in [1.29, 1.82) is 0 Å². The molecule has 32 heavy (non-hydrogen) atoms. The highest BCUT2D eigenvalue weighted by Crippen LogP contribution is 2.39. The molecule has 2 amide bonds. The van der Waals surface area contributed by atoms with E-state index >= 15 is 0 Å². The highest BCUT2D eigenvalue weighted by atomic mass is 19.1. The van der Waals surface area contributed by atoms with Gasteiger partial charge in [0.1, 0.15) is 29.5 Å². The van der Waals surface area contributed by atoms with Crippen LogP contribution in [0.2, 0.25) is 0 Å². The molecule has 3 aromatic rings. The smallest absolute Gasteiger partial charge is 0.280 e. The fraction of sp³-hybridized carbons (Fsp3) is 0.381. The van der Waals surface area contributed by atoms with Gasteiger partial charge in [0.2, 0.25) is 5.91 Å². The summed E-state index contributed by atoms with van der Waals surface area (Å²) >= 11 is 0. The predicted octanol–water partition coefficient (Wildman–Crippen LogP) is 1.15. The summed E-state index contributed by atoms with van der Waals surface area (Å²) in [5, 5.41) is 7.07. The Balaban J connectivity index is 1.55. The molecule has 0 aromatic carbocycles. The summed E-state index contributed by atoms with van der Waals surface area (Å²) in [4.78, 5) is 44.4. The molecule has 2 aliphatic rings. The fourth-order valence-corrected chi connectivity index (χ4v) is 3.93. The molecule has 1 N–H and O–H groups in total. The number of amides is 2. The lowest BCUT2D eigenvalue weighted by Crippen LogP contribution is -2.30. The predicted molar refractivity (Wildman–Crippen MR) is 111 cm³/mol.